The number of ketones is 1. The van der Waals surface area contributed by atoms with Crippen molar-refractivity contribution < 1.29 is 19.4 Å². The Morgan fingerprint density at radius 3 is 2.31 bits per heavy atom. The van der Waals surface area contributed by atoms with Gasteiger partial charge in [-0.05, 0) is 111 Å². The Balaban J connectivity index is 1.57. The van der Waals surface area contributed by atoms with Crippen LogP contribution in [0.2, 0.25) is 0 Å². The zero-order chi connectivity index (χ0) is 25.6. The third-order valence-electron chi connectivity index (χ3n) is 13.6. The van der Waals surface area contributed by atoms with Crippen LogP contribution in [0.1, 0.15) is 98.8 Å². The number of methoxy groups -OCH3 is 1. The molecule has 196 valence electrons. The number of Topliss-reactive ketones (excluding diaryl/α,β-unsaturated/α-hetero) is 1. The van der Waals surface area contributed by atoms with Crippen LogP contribution in [0.4, 0.5) is 0 Å². The molecule has 10 atom stereocenters. The molecular formula is C31H48O4. The van der Waals surface area contributed by atoms with E-state index in [1.54, 1.807) is 7.11 Å². The molecule has 0 aliphatic heterocycles. The van der Waals surface area contributed by atoms with E-state index in [0.29, 0.717) is 30.1 Å². The molecule has 0 spiro atoms. The van der Waals surface area contributed by atoms with E-state index in [1.807, 2.05) is 6.92 Å². The average Bonchev–Trinajstić information content (AvgIpc) is 3.23. The Hall–Kier alpha value is -1.16. The Labute approximate surface area is 212 Å². The van der Waals surface area contributed by atoms with E-state index >= 15 is 0 Å². The maximum Gasteiger partial charge on any atom is 0.312 e. The lowest BCUT2D eigenvalue weighted by atomic mass is 9.32. The van der Waals surface area contributed by atoms with Crippen LogP contribution < -0.4 is 0 Å². The van der Waals surface area contributed by atoms with Gasteiger partial charge in [-0.25, -0.2) is 0 Å². The van der Waals surface area contributed by atoms with Gasteiger partial charge in [0.05, 0.1) is 24.5 Å². The lowest BCUT2D eigenvalue weighted by Gasteiger charge is -2.72. The average molecular weight is 485 g/mol. The number of carbonyl (C=O) groups excluding carboxylic acids is 2. The first-order chi connectivity index (χ1) is 16.4. The van der Waals surface area contributed by atoms with Crippen molar-refractivity contribution in [2.45, 2.75) is 98.8 Å². The van der Waals surface area contributed by atoms with Gasteiger partial charge in [-0.2, -0.15) is 0 Å². The number of hydrogen-bond acceptors (Lipinski definition) is 4. The van der Waals surface area contributed by atoms with Crippen LogP contribution in [0, 0.1) is 56.7 Å². The number of hydrogen-bond donors (Lipinski definition) is 1. The van der Waals surface area contributed by atoms with Crippen LogP contribution in [-0.4, -0.2) is 30.6 Å². The summed E-state index contributed by atoms with van der Waals surface area (Å²) in [7, 11) is 1.57. The van der Waals surface area contributed by atoms with Crippen LogP contribution in [0.5, 0.6) is 0 Å². The van der Waals surface area contributed by atoms with Crippen molar-refractivity contribution in [3.63, 3.8) is 0 Å². The number of esters is 1. The van der Waals surface area contributed by atoms with Gasteiger partial charge in [-0.3, -0.25) is 9.59 Å². The Bertz CT molecular complexity index is 940. The predicted molar refractivity (Wildman–Crippen MR) is 137 cm³/mol. The van der Waals surface area contributed by atoms with Crippen molar-refractivity contribution in [3.8, 4) is 0 Å². The SMILES string of the molecule is C=C(C)[C@@H]1CC[C@]2(C(=O)OC)CC[C@]3(C)C(CC[C@@H]4[C@@]5(C)CCC(=O)[C@@](C)(CO)[C@@H]5CC[C@]43C)[C@@H]12. The largest absolute Gasteiger partial charge is 0.469 e. The second kappa shape index (κ2) is 7.92. The van der Waals surface area contributed by atoms with Gasteiger partial charge in [-0.1, -0.05) is 39.8 Å². The minimum Gasteiger partial charge on any atom is -0.469 e. The summed E-state index contributed by atoms with van der Waals surface area (Å²) in [5.41, 5.74) is 0.683. The van der Waals surface area contributed by atoms with Crippen molar-refractivity contribution in [2.24, 2.45) is 56.7 Å². The highest BCUT2D eigenvalue weighted by Crippen LogP contribution is 2.77. The van der Waals surface area contributed by atoms with Crippen molar-refractivity contribution in [1.82, 2.24) is 0 Å². The molecule has 0 amide bonds. The number of allylic oxidation sites excluding steroid dienone is 1. The predicted octanol–water partition coefficient (Wildman–Crippen LogP) is 6.36. The Morgan fingerprint density at radius 2 is 1.69 bits per heavy atom. The lowest BCUT2D eigenvalue weighted by molar-refractivity contribution is -0.238. The summed E-state index contributed by atoms with van der Waals surface area (Å²) in [4.78, 5) is 26.4. The minimum absolute atomic E-state index is 0.0146. The van der Waals surface area contributed by atoms with E-state index in [2.05, 4.69) is 34.3 Å². The fourth-order valence-electron chi connectivity index (χ4n) is 11.5. The molecule has 4 heteroatoms. The lowest BCUT2D eigenvalue weighted by Crippen LogP contribution is -2.67. The Kier molecular flexibility index (Phi) is 5.77. The first kappa shape index (κ1) is 25.5. The molecule has 1 unspecified atom stereocenters. The molecule has 0 radical (unpaired) electrons. The summed E-state index contributed by atoms with van der Waals surface area (Å²) in [5.74, 6) is 2.30. The van der Waals surface area contributed by atoms with E-state index in [0.717, 1.165) is 57.8 Å². The van der Waals surface area contributed by atoms with Gasteiger partial charge in [-0.15, -0.1) is 0 Å². The number of rotatable bonds is 3. The third kappa shape index (κ3) is 2.95. The maximum absolute atomic E-state index is 13.3. The highest BCUT2D eigenvalue weighted by molar-refractivity contribution is 5.86. The molecule has 5 fully saturated rings. The monoisotopic (exact) mass is 484 g/mol. The van der Waals surface area contributed by atoms with Gasteiger partial charge < -0.3 is 9.84 Å². The number of fused-ring (bicyclic) bond motifs is 7. The van der Waals surface area contributed by atoms with Crippen molar-refractivity contribution >= 4 is 11.8 Å². The highest BCUT2D eigenvalue weighted by Gasteiger charge is 2.72. The topological polar surface area (TPSA) is 63.6 Å². The highest BCUT2D eigenvalue weighted by atomic mass is 16.5. The third-order valence-corrected chi connectivity index (χ3v) is 13.6. The van der Waals surface area contributed by atoms with Gasteiger partial charge >= 0.3 is 5.97 Å². The first-order valence-corrected chi connectivity index (χ1v) is 14.2. The maximum atomic E-state index is 13.3. The van der Waals surface area contributed by atoms with E-state index < -0.39 is 5.41 Å². The molecule has 0 aromatic carbocycles. The smallest absolute Gasteiger partial charge is 0.312 e. The molecule has 5 aliphatic rings. The number of aliphatic hydroxyl groups excluding tert-OH is 1. The summed E-state index contributed by atoms with van der Waals surface area (Å²) in [6.45, 7) is 16.1. The molecule has 5 rings (SSSR count). The molecule has 0 heterocycles. The zero-order valence-electron chi connectivity index (χ0n) is 23.0. The summed E-state index contributed by atoms with van der Waals surface area (Å²) in [5, 5.41) is 10.4. The molecule has 1 N–H and O–H groups in total. The molecular weight excluding hydrogens is 436 g/mol. The van der Waals surface area contributed by atoms with Crippen LogP contribution in [0.3, 0.4) is 0 Å². The van der Waals surface area contributed by atoms with Gasteiger partial charge in [0.15, 0.2) is 0 Å². The first-order valence-electron chi connectivity index (χ1n) is 14.2. The van der Waals surface area contributed by atoms with E-state index in [9.17, 15) is 14.7 Å². The standard InChI is InChI=1S/C31H48O4/c1-19(2)20-10-15-31(26(34)35-7)17-16-29(5)21(25(20)31)8-9-23-27(3)13-12-24(33)28(4,18-32)22(27)11-14-30(23,29)6/h20-23,25,32H,1,8-18H2,2-7H3/t20-,21?,22+,23+,25+,27-,28-,29+,30+,31-/m0/s1. The van der Waals surface area contributed by atoms with Crippen molar-refractivity contribution in [2.75, 3.05) is 13.7 Å². The van der Waals surface area contributed by atoms with Crippen LogP contribution in [0.15, 0.2) is 12.2 Å². The number of ether oxygens (including phenoxy) is 1. The molecule has 0 aromatic rings. The fourth-order valence-corrected chi connectivity index (χ4v) is 11.5. The second-order valence-corrected chi connectivity index (χ2v) is 14.3. The normalized spacial score (nSPS) is 53.1. The fraction of sp³-hybridized carbons (Fsp3) is 0.871. The Morgan fingerprint density at radius 1 is 0.971 bits per heavy atom. The minimum atomic E-state index is -0.602. The molecule has 5 saturated carbocycles. The van der Waals surface area contributed by atoms with Gasteiger partial charge in [0.25, 0.3) is 0 Å². The molecule has 5 aliphatic carbocycles. The van der Waals surface area contributed by atoms with E-state index in [4.69, 9.17) is 4.74 Å². The number of aliphatic hydroxyl groups is 1. The second-order valence-electron chi connectivity index (χ2n) is 14.3. The summed E-state index contributed by atoms with van der Waals surface area (Å²) < 4.78 is 5.47. The summed E-state index contributed by atoms with van der Waals surface area (Å²) in [6.07, 6.45) is 10.00. The molecule has 0 saturated heterocycles. The summed E-state index contributed by atoms with van der Waals surface area (Å²) >= 11 is 0. The summed E-state index contributed by atoms with van der Waals surface area (Å²) in [6, 6.07) is 0. The zero-order valence-corrected chi connectivity index (χ0v) is 23.0. The van der Waals surface area contributed by atoms with E-state index in [-0.39, 0.29) is 45.9 Å². The van der Waals surface area contributed by atoms with Crippen molar-refractivity contribution in [1.29, 1.82) is 0 Å². The van der Waals surface area contributed by atoms with E-state index in [1.165, 1.54) is 5.57 Å². The molecule has 4 nitrogen and oxygen atoms in total. The molecule has 0 bridgehead atoms. The van der Waals surface area contributed by atoms with Crippen LogP contribution in [-0.2, 0) is 14.3 Å². The molecule has 35 heavy (non-hydrogen) atoms. The van der Waals surface area contributed by atoms with Gasteiger partial charge in [0.2, 0.25) is 0 Å². The van der Waals surface area contributed by atoms with Crippen molar-refractivity contribution in [3.05, 3.63) is 12.2 Å². The molecule has 0 aromatic heterocycles. The van der Waals surface area contributed by atoms with Gasteiger partial charge in [0, 0.05) is 6.42 Å². The van der Waals surface area contributed by atoms with Gasteiger partial charge in [0.1, 0.15) is 5.78 Å². The van der Waals surface area contributed by atoms with Crippen LogP contribution in [0.25, 0.3) is 0 Å². The van der Waals surface area contributed by atoms with Crippen LogP contribution >= 0.6 is 0 Å². The number of carbonyl (C=O) groups is 2. The quantitative estimate of drug-likeness (QED) is 0.374.